The van der Waals surface area contributed by atoms with Crippen molar-refractivity contribution in [2.24, 2.45) is 5.73 Å². The van der Waals surface area contributed by atoms with Crippen LogP contribution in [0.1, 0.15) is 23.6 Å². The number of ether oxygens (including phenoxy) is 1. The molecule has 1 heterocycles. The van der Waals surface area contributed by atoms with E-state index in [1.54, 1.807) is 0 Å². The van der Waals surface area contributed by atoms with Gasteiger partial charge in [0.2, 0.25) is 0 Å². The second-order valence-corrected chi connectivity index (χ2v) is 9.16. The highest BCUT2D eigenvalue weighted by Crippen LogP contribution is 2.36. The van der Waals surface area contributed by atoms with Gasteiger partial charge in [-0.05, 0) is 46.3 Å². The second kappa shape index (κ2) is 9.25. The molecule has 0 saturated heterocycles. The van der Waals surface area contributed by atoms with Crippen LogP contribution >= 0.6 is 11.6 Å². The lowest BCUT2D eigenvalue weighted by molar-refractivity contribution is -0.180. The SMILES string of the molecule is COc1cccc(S(=O)(=O)N2OC(=O)C(N)Cc3ccc(Cl)cc3C2C(=O)CC(=O)O)c1. The third kappa shape index (κ3) is 4.75. The fourth-order valence-electron chi connectivity index (χ4n) is 3.24. The zero-order chi connectivity index (χ0) is 23.6. The fraction of sp³-hybridized carbons (Fsp3) is 0.250. The van der Waals surface area contributed by atoms with Gasteiger partial charge in [0.1, 0.15) is 24.3 Å². The van der Waals surface area contributed by atoms with Crippen LogP contribution in [0, 0.1) is 0 Å². The summed E-state index contributed by atoms with van der Waals surface area (Å²) < 4.78 is 32.2. The van der Waals surface area contributed by atoms with E-state index in [9.17, 15) is 22.8 Å². The number of aliphatic carboxylic acids is 1. The Balaban J connectivity index is 2.27. The summed E-state index contributed by atoms with van der Waals surface area (Å²) in [7, 11) is -3.35. The third-order valence-electron chi connectivity index (χ3n) is 4.74. The molecule has 0 aliphatic carbocycles. The Morgan fingerprint density at radius 1 is 1.28 bits per heavy atom. The Kier molecular flexibility index (Phi) is 6.84. The molecule has 0 fully saturated rings. The highest BCUT2D eigenvalue weighted by Gasteiger charge is 2.44. The molecule has 0 aromatic heterocycles. The van der Waals surface area contributed by atoms with Crippen LogP contribution in [-0.4, -0.2) is 48.9 Å². The van der Waals surface area contributed by atoms with Gasteiger partial charge in [-0.2, -0.15) is 0 Å². The zero-order valence-electron chi connectivity index (χ0n) is 16.7. The third-order valence-corrected chi connectivity index (χ3v) is 6.59. The number of hydrogen-bond donors (Lipinski definition) is 2. The molecule has 2 atom stereocenters. The molecule has 0 radical (unpaired) electrons. The van der Waals surface area contributed by atoms with Crippen LogP contribution in [0.5, 0.6) is 5.75 Å². The van der Waals surface area contributed by atoms with Crippen LogP contribution in [-0.2, 0) is 35.7 Å². The van der Waals surface area contributed by atoms with Crippen molar-refractivity contribution < 1.29 is 37.5 Å². The molecule has 2 unspecified atom stereocenters. The van der Waals surface area contributed by atoms with Gasteiger partial charge >= 0.3 is 11.9 Å². The van der Waals surface area contributed by atoms with E-state index in [1.807, 2.05) is 0 Å². The lowest BCUT2D eigenvalue weighted by atomic mass is 9.92. The summed E-state index contributed by atoms with van der Waals surface area (Å²) in [6, 6.07) is 6.52. The van der Waals surface area contributed by atoms with Crippen LogP contribution < -0.4 is 10.5 Å². The molecule has 170 valence electrons. The monoisotopic (exact) mass is 482 g/mol. The van der Waals surface area contributed by atoms with Crippen molar-refractivity contribution in [2.45, 2.75) is 29.8 Å². The molecule has 3 N–H and O–H groups in total. The number of carbonyl (C=O) groups is 3. The van der Waals surface area contributed by atoms with Crippen molar-refractivity contribution in [1.29, 1.82) is 0 Å². The zero-order valence-corrected chi connectivity index (χ0v) is 18.3. The Morgan fingerprint density at radius 3 is 2.66 bits per heavy atom. The van der Waals surface area contributed by atoms with Crippen molar-refractivity contribution in [3.8, 4) is 5.75 Å². The van der Waals surface area contributed by atoms with Gasteiger partial charge in [0.15, 0.2) is 5.78 Å². The second-order valence-electron chi connectivity index (χ2n) is 6.94. The van der Waals surface area contributed by atoms with E-state index in [-0.39, 0.29) is 32.1 Å². The number of nitrogens with two attached hydrogens (primary N) is 1. The van der Waals surface area contributed by atoms with E-state index in [4.69, 9.17) is 32.0 Å². The highest BCUT2D eigenvalue weighted by molar-refractivity contribution is 7.89. The van der Waals surface area contributed by atoms with E-state index < -0.39 is 46.2 Å². The Morgan fingerprint density at radius 2 is 2.00 bits per heavy atom. The van der Waals surface area contributed by atoms with E-state index in [2.05, 4.69) is 0 Å². The first kappa shape index (κ1) is 23.7. The molecule has 3 rings (SSSR count). The number of nitrogens with zero attached hydrogens (tertiary/aromatic N) is 1. The number of carboxylic acids is 1. The lowest BCUT2D eigenvalue weighted by Gasteiger charge is -2.32. The normalized spacial score (nSPS) is 19.3. The minimum absolute atomic E-state index is 0.0678. The number of sulfonamides is 1. The number of benzene rings is 2. The maximum Gasteiger partial charge on any atom is 0.343 e. The number of Topliss-reactive ketones (excluding diaryl/α,β-unsaturated/α-hetero) is 1. The van der Waals surface area contributed by atoms with Crippen molar-refractivity contribution in [2.75, 3.05) is 7.11 Å². The van der Waals surface area contributed by atoms with E-state index in [1.165, 1.54) is 49.6 Å². The molecule has 10 nitrogen and oxygen atoms in total. The van der Waals surface area contributed by atoms with E-state index in [0.717, 1.165) is 0 Å². The molecule has 0 bridgehead atoms. The maximum atomic E-state index is 13.5. The highest BCUT2D eigenvalue weighted by atomic mass is 35.5. The van der Waals surface area contributed by atoms with Gasteiger partial charge in [0.05, 0.1) is 12.0 Å². The number of methoxy groups -OCH3 is 1. The standard InChI is InChI=1S/C20H19ClN2O8S/c1-30-13-3-2-4-14(9-13)32(28,29)23-19(17(24)10-18(25)26)15-8-12(21)6-5-11(15)7-16(22)20(27)31-23/h2-6,8-9,16,19H,7,10,22H2,1H3,(H,25,26). The Hall–Kier alpha value is -2.99. The smallest absolute Gasteiger partial charge is 0.343 e. The fourth-order valence-corrected chi connectivity index (χ4v) is 4.82. The van der Waals surface area contributed by atoms with Gasteiger partial charge in [0.25, 0.3) is 10.0 Å². The average Bonchev–Trinajstić information content (AvgIpc) is 2.73. The van der Waals surface area contributed by atoms with Gasteiger partial charge in [-0.25, -0.2) is 13.2 Å². The number of hydrogen-bond acceptors (Lipinski definition) is 8. The molecule has 2 aromatic rings. The predicted molar refractivity (Wildman–Crippen MR) is 111 cm³/mol. The number of carbonyl (C=O) groups excluding carboxylic acids is 2. The first-order valence-electron chi connectivity index (χ1n) is 9.23. The summed E-state index contributed by atoms with van der Waals surface area (Å²) in [4.78, 5) is 41.5. The Bertz CT molecular complexity index is 1180. The van der Waals surface area contributed by atoms with Crippen molar-refractivity contribution >= 4 is 39.3 Å². The van der Waals surface area contributed by atoms with Crippen LogP contribution in [0.2, 0.25) is 5.02 Å². The first-order chi connectivity index (χ1) is 15.0. The van der Waals surface area contributed by atoms with Crippen molar-refractivity contribution in [3.63, 3.8) is 0 Å². The summed E-state index contributed by atoms with van der Waals surface area (Å²) in [5.41, 5.74) is 6.29. The summed E-state index contributed by atoms with van der Waals surface area (Å²) in [6.07, 6.45) is -1.10. The molecule has 32 heavy (non-hydrogen) atoms. The number of hydroxylamine groups is 1. The molecular weight excluding hydrogens is 464 g/mol. The minimum atomic E-state index is -4.68. The number of carboxylic acid groups (broad SMARTS) is 1. The largest absolute Gasteiger partial charge is 0.497 e. The van der Waals surface area contributed by atoms with Gasteiger partial charge in [-0.1, -0.05) is 23.7 Å². The number of halogens is 1. The Labute approximate surface area is 188 Å². The molecular formula is C20H19ClN2O8S. The van der Waals surface area contributed by atoms with Crippen molar-refractivity contribution in [1.82, 2.24) is 4.47 Å². The first-order valence-corrected chi connectivity index (χ1v) is 11.0. The summed E-state index contributed by atoms with van der Waals surface area (Å²) in [5, 5.41) is 9.32. The quantitative estimate of drug-likeness (QED) is 0.582. The van der Waals surface area contributed by atoms with Gasteiger partial charge in [-0.15, -0.1) is 0 Å². The number of rotatable bonds is 6. The van der Waals surface area contributed by atoms with Crippen LogP contribution in [0.4, 0.5) is 0 Å². The van der Waals surface area contributed by atoms with E-state index in [0.29, 0.717) is 5.56 Å². The molecule has 12 heteroatoms. The number of fused-ring (bicyclic) bond motifs is 1. The topological polar surface area (TPSA) is 153 Å². The summed E-state index contributed by atoms with van der Waals surface area (Å²) in [5.74, 6) is -3.43. The molecule has 1 aliphatic heterocycles. The summed E-state index contributed by atoms with van der Waals surface area (Å²) >= 11 is 6.08. The van der Waals surface area contributed by atoms with Crippen LogP contribution in [0.15, 0.2) is 47.4 Å². The lowest BCUT2D eigenvalue weighted by Crippen LogP contribution is -2.47. The summed E-state index contributed by atoms with van der Waals surface area (Å²) in [6.45, 7) is 0. The molecule has 0 saturated carbocycles. The van der Waals surface area contributed by atoms with Gasteiger partial charge in [-0.3, -0.25) is 9.59 Å². The van der Waals surface area contributed by atoms with Crippen molar-refractivity contribution in [3.05, 3.63) is 58.6 Å². The molecule has 0 spiro atoms. The van der Waals surface area contributed by atoms with Crippen LogP contribution in [0.25, 0.3) is 0 Å². The van der Waals surface area contributed by atoms with E-state index >= 15 is 0 Å². The van der Waals surface area contributed by atoms with Crippen LogP contribution in [0.3, 0.4) is 0 Å². The maximum absolute atomic E-state index is 13.5. The minimum Gasteiger partial charge on any atom is -0.497 e. The molecule has 1 aliphatic rings. The number of ketones is 1. The molecule has 2 aromatic carbocycles. The predicted octanol–water partition coefficient (Wildman–Crippen LogP) is 1.47. The molecule has 0 amide bonds. The van der Waals surface area contributed by atoms with Gasteiger partial charge in [0, 0.05) is 11.1 Å². The average molecular weight is 483 g/mol. The van der Waals surface area contributed by atoms with Gasteiger partial charge < -0.3 is 20.4 Å².